The van der Waals surface area contributed by atoms with Gasteiger partial charge in [-0.3, -0.25) is 14.6 Å². The number of aromatic nitrogens is 1. The van der Waals surface area contributed by atoms with E-state index in [4.69, 9.17) is 0 Å². The molecule has 0 radical (unpaired) electrons. The molecule has 1 rings (SSSR count). The smallest absolute Gasteiger partial charge is 0.246 e. The van der Waals surface area contributed by atoms with E-state index < -0.39 is 0 Å². The lowest BCUT2D eigenvalue weighted by molar-refractivity contribution is -0.121. The Bertz CT molecular complexity index is 572. The molecule has 4 N–H and O–H groups in total. The van der Waals surface area contributed by atoms with Gasteiger partial charge in [0, 0.05) is 18.3 Å². The van der Waals surface area contributed by atoms with Gasteiger partial charge >= 0.3 is 0 Å². The number of aliphatic imine (C=N–C) groups is 1. The van der Waals surface area contributed by atoms with E-state index in [1.54, 1.807) is 24.5 Å². The Balaban J connectivity index is 0.00000576. The molecule has 1 heterocycles. The van der Waals surface area contributed by atoms with Crippen LogP contribution in [0.4, 0.5) is 5.69 Å². The van der Waals surface area contributed by atoms with Crippen LogP contribution in [0.5, 0.6) is 0 Å². The number of hydrogen-bond donors (Lipinski definition) is 4. The van der Waals surface area contributed by atoms with Gasteiger partial charge in [-0.25, -0.2) is 4.99 Å². The highest BCUT2D eigenvalue weighted by molar-refractivity contribution is 14.0. The molecule has 0 saturated heterocycles. The molecule has 0 bridgehead atoms. The van der Waals surface area contributed by atoms with Crippen molar-refractivity contribution < 1.29 is 9.59 Å². The number of amides is 2. The van der Waals surface area contributed by atoms with Gasteiger partial charge in [-0.15, -0.1) is 24.0 Å². The molecule has 9 heteroatoms. The first-order chi connectivity index (χ1) is 11.3. The summed E-state index contributed by atoms with van der Waals surface area (Å²) in [6.45, 7) is 8.27. The van der Waals surface area contributed by atoms with Crippen LogP contribution in [0.15, 0.2) is 29.5 Å². The van der Waals surface area contributed by atoms with E-state index in [1.165, 1.54) is 0 Å². The zero-order chi connectivity index (χ0) is 18.0. The highest BCUT2D eigenvalue weighted by Gasteiger charge is 2.13. The quantitative estimate of drug-likeness (QED) is 0.288. The fourth-order valence-corrected chi connectivity index (χ4v) is 1.76. The van der Waals surface area contributed by atoms with Gasteiger partial charge in [0.15, 0.2) is 5.96 Å². The summed E-state index contributed by atoms with van der Waals surface area (Å²) in [7, 11) is 0. The summed E-state index contributed by atoms with van der Waals surface area (Å²) in [5.41, 5.74) is 0.318. The standard InChI is InChI=1S/C16H26N6O2.HI/c1-5-18-15(20-11-14(24)22-16(2,3)4)19-10-13(23)21-12-7-6-8-17-9-12;/h6-9H,5,10-11H2,1-4H3,(H,21,23)(H,22,24)(H2,18,19,20);1H. The number of guanidine groups is 1. The van der Waals surface area contributed by atoms with Crippen LogP contribution in [-0.2, 0) is 9.59 Å². The summed E-state index contributed by atoms with van der Waals surface area (Å²) in [4.78, 5) is 31.8. The van der Waals surface area contributed by atoms with Crippen molar-refractivity contribution in [2.24, 2.45) is 4.99 Å². The van der Waals surface area contributed by atoms with Crippen LogP contribution >= 0.6 is 24.0 Å². The minimum absolute atomic E-state index is 0. The highest BCUT2D eigenvalue weighted by Crippen LogP contribution is 2.01. The number of carbonyl (C=O) groups excluding carboxylic acids is 2. The van der Waals surface area contributed by atoms with E-state index >= 15 is 0 Å². The fourth-order valence-electron chi connectivity index (χ4n) is 1.76. The molecular formula is C16H27IN6O2. The first kappa shape index (κ1) is 23.1. The van der Waals surface area contributed by atoms with Crippen LogP contribution in [0, 0.1) is 0 Å². The molecule has 140 valence electrons. The molecular weight excluding hydrogens is 435 g/mol. The van der Waals surface area contributed by atoms with Crippen LogP contribution in [0.2, 0.25) is 0 Å². The number of pyridine rings is 1. The highest BCUT2D eigenvalue weighted by atomic mass is 127. The van der Waals surface area contributed by atoms with Crippen molar-refractivity contribution in [2.45, 2.75) is 33.2 Å². The number of halogens is 1. The van der Waals surface area contributed by atoms with Crippen LogP contribution < -0.4 is 21.3 Å². The van der Waals surface area contributed by atoms with E-state index in [9.17, 15) is 9.59 Å². The number of anilines is 1. The van der Waals surface area contributed by atoms with Crippen molar-refractivity contribution in [1.29, 1.82) is 0 Å². The molecule has 0 unspecified atom stereocenters. The van der Waals surface area contributed by atoms with Crippen molar-refractivity contribution >= 4 is 47.4 Å². The summed E-state index contributed by atoms with van der Waals surface area (Å²) in [5.74, 6) is -0.00448. The third-order valence-electron chi connectivity index (χ3n) is 2.60. The summed E-state index contributed by atoms with van der Waals surface area (Å²) < 4.78 is 0. The summed E-state index contributed by atoms with van der Waals surface area (Å²) in [6, 6.07) is 3.48. The molecule has 0 aliphatic heterocycles. The van der Waals surface area contributed by atoms with Gasteiger partial charge in [0.2, 0.25) is 11.8 Å². The Morgan fingerprint density at radius 2 is 1.92 bits per heavy atom. The zero-order valence-electron chi connectivity index (χ0n) is 15.0. The molecule has 0 aromatic carbocycles. The van der Waals surface area contributed by atoms with E-state index in [2.05, 4.69) is 31.2 Å². The van der Waals surface area contributed by atoms with Crippen LogP contribution in [0.1, 0.15) is 27.7 Å². The lowest BCUT2D eigenvalue weighted by Gasteiger charge is -2.21. The number of rotatable bonds is 6. The van der Waals surface area contributed by atoms with E-state index in [-0.39, 0.29) is 54.4 Å². The number of hydrogen-bond acceptors (Lipinski definition) is 4. The van der Waals surface area contributed by atoms with E-state index in [1.807, 2.05) is 27.7 Å². The SMILES string of the molecule is CCNC(=NCC(=O)Nc1cccnc1)NCC(=O)NC(C)(C)C.I. The monoisotopic (exact) mass is 462 g/mol. The third kappa shape index (κ3) is 11.3. The second-order valence-electron chi connectivity index (χ2n) is 6.14. The molecule has 0 aliphatic rings. The minimum atomic E-state index is -0.294. The van der Waals surface area contributed by atoms with Gasteiger partial charge < -0.3 is 21.3 Å². The molecule has 1 aromatic rings. The van der Waals surface area contributed by atoms with Crippen molar-refractivity contribution in [3.05, 3.63) is 24.5 Å². The lowest BCUT2D eigenvalue weighted by atomic mass is 10.1. The van der Waals surface area contributed by atoms with Crippen LogP contribution in [0.25, 0.3) is 0 Å². The Kier molecular flexibility index (Phi) is 10.7. The van der Waals surface area contributed by atoms with Crippen molar-refractivity contribution in [1.82, 2.24) is 20.9 Å². The summed E-state index contributed by atoms with van der Waals surface area (Å²) in [5, 5.41) is 11.4. The second-order valence-corrected chi connectivity index (χ2v) is 6.14. The lowest BCUT2D eigenvalue weighted by Crippen LogP contribution is -2.48. The fraction of sp³-hybridized carbons (Fsp3) is 0.500. The Morgan fingerprint density at radius 1 is 1.20 bits per heavy atom. The molecule has 0 fully saturated rings. The van der Waals surface area contributed by atoms with E-state index in [0.29, 0.717) is 18.2 Å². The normalized spacial score (nSPS) is 11.1. The molecule has 0 saturated carbocycles. The van der Waals surface area contributed by atoms with Crippen molar-refractivity contribution in [2.75, 3.05) is 25.0 Å². The molecule has 25 heavy (non-hydrogen) atoms. The maximum Gasteiger partial charge on any atom is 0.246 e. The minimum Gasteiger partial charge on any atom is -0.357 e. The van der Waals surface area contributed by atoms with Gasteiger partial charge in [-0.05, 0) is 39.8 Å². The molecule has 0 spiro atoms. The largest absolute Gasteiger partial charge is 0.357 e. The average molecular weight is 462 g/mol. The van der Waals surface area contributed by atoms with E-state index in [0.717, 1.165) is 0 Å². The first-order valence-electron chi connectivity index (χ1n) is 7.83. The molecule has 2 amide bonds. The van der Waals surface area contributed by atoms with Gasteiger partial charge in [0.25, 0.3) is 0 Å². The van der Waals surface area contributed by atoms with Gasteiger partial charge in [0.05, 0.1) is 18.4 Å². The summed E-state index contributed by atoms with van der Waals surface area (Å²) in [6.07, 6.45) is 3.19. The topological polar surface area (TPSA) is 108 Å². The van der Waals surface area contributed by atoms with Gasteiger partial charge in [-0.1, -0.05) is 0 Å². The number of nitrogens with zero attached hydrogens (tertiary/aromatic N) is 2. The maximum atomic E-state index is 11.9. The molecule has 8 nitrogen and oxygen atoms in total. The predicted octanol–water partition coefficient (Wildman–Crippen LogP) is 1.11. The second kappa shape index (κ2) is 11.6. The Hall–Kier alpha value is -1.91. The Labute approximate surface area is 165 Å². The van der Waals surface area contributed by atoms with Crippen molar-refractivity contribution in [3.8, 4) is 0 Å². The van der Waals surface area contributed by atoms with Gasteiger partial charge in [0.1, 0.15) is 6.54 Å². The van der Waals surface area contributed by atoms with Crippen molar-refractivity contribution in [3.63, 3.8) is 0 Å². The molecule has 0 atom stereocenters. The van der Waals surface area contributed by atoms with Crippen LogP contribution in [0.3, 0.4) is 0 Å². The Morgan fingerprint density at radius 3 is 2.48 bits per heavy atom. The maximum absolute atomic E-state index is 11.9. The van der Waals surface area contributed by atoms with Gasteiger partial charge in [-0.2, -0.15) is 0 Å². The number of nitrogens with one attached hydrogen (secondary N) is 4. The zero-order valence-corrected chi connectivity index (χ0v) is 17.4. The van der Waals surface area contributed by atoms with Crippen LogP contribution in [-0.4, -0.2) is 47.9 Å². The average Bonchev–Trinajstić information content (AvgIpc) is 2.49. The molecule has 0 aliphatic carbocycles. The number of carbonyl (C=O) groups is 2. The third-order valence-corrected chi connectivity index (χ3v) is 2.60. The molecule has 1 aromatic heterocycles. The first-order valence-corrected chi connectivity index (χ1v) is 7.83. The predicted molar refractivity (Wildman–Crippen MR) is 110 cm³/mol. The summed E-state index contributed by atoms with van der Waals surface area (Å²) >= 11 is 0.